The minimum absolute atomic E-state index is 0.462. The monoisotopic (exact) mass is 320 g/mol. The quantitative estimate of drug-likeness (QED) is 0.846. The van der Waals surface area contributed by atoms with Gasteiger partial charge in [0.2, 0.25) is 0 Å². The molecule has 98 valence electrons. The first-order valence-electron chi connectivity index (χ1n) is 5.72. The fourth-order valence-corrected chi connectivity index (χ4v) is 2.11. The van der Waals surface area contributed by atoms with E-state index >= 15 is 0 Å². The highest BCUT2D eigenvalue weighted by Crippen LogP contribution is 2.20. The number of hydrogen-bond donors (Lipinski definition) is 2. The number of carbonyl (C=O) groups is 1. The molecule has 2 N–H and O–H groups in total. The van der Waals surface area contributed by atoms with Crippen LogP contribution in [0.4, 0.5) is 10.5 Å². The van der Waals surface area contributed by atoms with Crippen molar-refractivity contribution in [2.45, 2.75) is 6.54 Å². The zero-order valence-electron chi connectivity index (χ0n) is 10.1. The molecule has 0 atom stereocenters. The van der Waals surface area contributed by atoms with E-state index in [4.69, 9.17) is 5.11 Å². The maximum Gasteiger partial charge on any atom is 0.423 e. The Morgan fingerprint density at radius 2 is 1.89 bits per heavy atom. The molecule has 5 heteroatoms. The van der Waals surface area contributed by atoms with Crippen molar-refractivity contribution in [3.63, 3.8) is 0 Å². The van der Waals surface area contributed by atoms with E-state index in [2.05, 4.69) is 21.4 Å². The zero-order valence-corrected chi connectivity index (χ0v) is 11.7. The molecule has 2 aromatic rings. The summed E-state index contributed by atoms with van der Waals surface area (Å²) in [5, 5.41) is 10.5. The molecule has 19 heavy (non-hydrogen) atoms. The van der Waals surface area contributed by atoms with Crippen molar-refractivity contribution in [1.29, 1.82) is 0 Å². The number of hydrogen-bond acceptors (Lipinski definition) is 2. The molecule has 0 heterocycles. The molecule has 0 bridgehead atoms. The van der Waals surface area contributed by atoms with Gasteiger partial charge in [-0.25, -0.2) is 10.2 Å². The van der Waals surface area contributed by atoms with Gasteiger partial charge in [0, 0.05) is 4.47 Å². The largest absolute Gasteiger partial charge is 0.464 e. The normalized spacial score (nSPS) is 9.95. The van der Waals surface area contributed by atoms with Crippen LogP contribution in [0.3, 0.4) is 0 Å². The Balaban J connectivity index is 2.23. The third-order valence-corrected chi connectivity index (χ3v) is 3.03. The highest BCUT2D eigenvalue weighted by molar-refractivity contribution is 9.10. The summed E-state index contributed by atoms with van der Waals surface area (Å²) < 4.78 is 0.898. The minimum atomic E-state index is -1.09. The number of carboxylic acid groups (broad SMARTS) is 1. The van der Waals surface area contributed by atoms with Crippen LogP contribution in [-0.4, -0.2) is 11.2 Å². The number of nitrogens with one attached hydrogen (secondary N) is 1. The van der Waals surface area contributed by atoms with Crippen LogP contribution >= 0.6 is 15.9 Å². The van der Waals surface area contributed by atoms with E-state index in [9.17, 15) is 4.79 Å². The van der Waals surface area contributed by atoms with E-state index in [1.807, 2.05) is 54.6 Å². The Hall–Kier alpha value is -2.01. The molecular weight excluding hydrogens is 308 g/mol. The van der Waals surface area contributed by atoms with E-state index in [1.54, 1.807) is 5.01 Å². The van der Waals surface area contributed by atoms with Crippen molar-refractivity contribution in [1.82, 2.24) is 5.43 Å². The third-order valence-electron chi connectivity index (χ3n) is 2.53. The van der Waals surface area contributed by atoms with E-state index in [-0.39, 0.29) is 0 Å². The molecule has 0 radical (unpaired) electrons. The summed E-state index contributed by atoms with van der Waals surface area (Å²) in [7, 11) is 0. The SMILES string of the molecule is O=C(O)NN(Cc1ccccc1)c1cccc(Br)c1. The van der Waals surface area contributed by atoms with Crippen LogP contribution in [0.1, 0.15) is 5.56 Å². The maximum absolute atomic E-state index is 10.9. The van der Waals surface area contributed by atoms with Gasteiger partial charge in [-0.3, -0.25) is 5.01 Å². The highest BCUT2D eigenvalue weighted by Gasteiger charge is 2.10. The molecule has 1 amide bonds. The van der Waals surface area contributed by atoms with Gasteiger partial charge in [-0.15, -0.1) is 0 Å². The number of nitrogens with zero attached hydrogens (tertiary/aromatic N) is 1. The van der Waals surface area contributed by atoms with E-state index in [0.717, 1.165) is 15.7 Å². The van der Waals surface area contributed by atoms with Crippen LogP contribution < -0.4 is 10.4 Å². The second-order valence-electron chi connectivity index (χ2n) is 3.97. The van der Waals surface area contributed by atoms with Crippen molar-refractivity contribution in [3.05, 3.63) is 64.6 Å². The number of hydrazine groups is 1. The highest BCUT2D eigenvalue weighted by atomic mass is 79.9. The Morgan fingerprint density at radius 3 is 2.53 bits per heavy atom. The molecule has 4 nitrogen and oxygen atoms in total. The first-order chi connectivity index (χ1) is 9.15. The Kier molecular flexibility index (Phi) is 4.41. The molecule has 0 saturated carbocycles. The number of anilines is 1. The second kappa shape index (κ2) is 6.24. The van der Waals surface area contributed by atoms with E-state index in [1.165, 1.54) is 0 Å². The van der Waals surface area contributed by atoms with Gasteiger partial charge < -0.3 is 5.11 Å². The number of benzene rings is 2. The lowest BCUT2D eigenvalue weighted by Gasteiger charge is -2.24. The smallest absolute Gasteiger partial charge is 0.423 e. The predicted molar refractivity (Wildman–Crippen MR) is 77.9 cm³/mol. The fourth-order valence-electron chi connectivity index (χ4n) is 1.72. The lowest BCUT2D eigenvalue weighted by molar-refractivity contribution is 0.193. The second-order valence-corrected chi connectivity index (χ2v) is 4.88. The third kappa shape index (κ3) is 3.99. The molecule has 0 unspecified atom stereocenters. The van der Waals surface area contributed by atoms with E-state index < -0.39 is 6.09 Å². The molecular formula is C14H13BrN2O2. The zero-order chi connectivity index (χ0) is 13.7. The van der Waals surface area contributed by atoms with Gasteiger partial charge >= 0.3 is 6.09 Å². The summed E-state index contributed by atoms with van der Waals surface area (Å²) in [5.41, 5.74) is 4.20. The molecule has 0 aromatic heterocycles. The molecule has 0 aliphatic carbocycles. The van der Waals surface area contributed by atoms with Gasteiger partial charge in [0.05, 0.1) is 12.2 Å². The Labute approximate surface area is 119 Å². The lowest BCUT2D eigenvalue weighted by Crippen LogP contribution is -2.41. The Bertz CT molecular complexity index is 560. The molecule has 0 spiro atoms. The number of rotatable bonds is 4. The predicted octanol–water partition coefficient (Wildman–Crippen LogP) is 3.64. The molecule has 0 aliphatic heterocycles. The summed E-state index contributed by atoms with van der Waals surface area (Å²) in [6, 6.07) is 17.2. The van der Waals surface area contributed by atoms with Crippen molar-refractivity contribution in [2.75, 3.05) is 5.01 Å². The Morgan fingerprint density at radius 1 is 1.16 bits per heavy atom. The standard InChI is InChI=1S/C14H13BrN2O2/c15-12-7-4-8-13(9-12)17(16-14(18)19)10-11-5-2-1-3-6-11/h1-9,16H,10H2,(H,18,19). The van der Waals surface area contributed by atoms with Gasteiger partial charge in [-0.1, -0.05) is 52.3 Å². The molecule has 0 aliphatic rings. The summed E-state index contributed by atoms with van der Waals surface area (Å²) in [5.74, 6) is 0. The number of amides is 1. The van der Waals surface area contributed by atoms with Crippen LogP contribution in [0.2, 0.25) is 0 Å². The first-order valence-corrected chi connectivity index (χ1v) is 6.51. The van der Waals surface area contributed by atoms with Gasteiger partial charge in [0.25, 0.3) is 0 Å². The lowest BCUT2D eigenvalue weighted by atomic mass is 10.2. The minimum Gasteiger partial charge on any atom is -0.464 e. The van der Waals surface area contributed by atoms with Gasteiger partial charge in [0.1, 0.15) is 0 Å². The van der Waals surface area contributed by atoms with E-state index in [0.29, 0.717) is 6.54 Å². The summed E-state index contributed by atoms with van der Waals surface area (Å²) in [6.07, 6.45) is -1.09. The average Bonchev–Trinajstić information content (AvgIpc) is 2.39. The van der Waals surface area contributed by atoms with Crippen LogP contribution in [0.5, 0.6) is 0 Å². The maximum atomic E-state index is 10.9. The van der Waals surface area contributed by atoms with Gasteiger partial charge in [-0.05, 0) is 23.8 Å². The van der Waals surface area contributed by atoms with Crippen molar-refractivity contribution < 1.29 is 9.90 Å². The van der Waals surface area contributed by atoms with Crippen molar-refractivity contribution in [2.24, 2.45) is 0 Å². The van der Waals surface area contributed by atoms with Crippen molar-refractivity contribution in [3.8, 4) is 0 Å². The van der Waals surface area contributed by atoms with Crippen LogP contribution in [0.25, 0.3) is 0 Å². The average molecular weight is 321 g/mol. The number of halogens is 1. The van der Waals surface area contributed by atoms with Gasteiger partial charge in [-0.2, -0.15) is 0 Å². The molecule has 0 fully saturated rings. The fraction of sp³-hybridized carbons (Fsp3) is 0.0714. The summed E-state index contributed by atoms with van der Waals surface area (Å²) in [4.78, 5) is 10.9. The van der Waals surface area contributed by atoms with Crippen molar-refractivity contribution >= 4 is 27.7 Å². The molecule has 2 rings (SSSR count). The van der Waals surface area contributed by atoms with Gasteiger partial charge in [0.15, 0.2) is 0 Å². The first kappa shape index (κ1) is 13.4. The topological polar surface area (TPSA) is 52.6 Å². The molecule has 2 aromatic carbocycles. The van der Waals surface area contributed by atoms with Crippen LogP contribution in [0.15, 0.2) is 59.1 Å². The van der Waals surface area contributed by atoms with Crippen LogP contribution in [-0.2, 0) is 6.54 Å². The molecule has 0 saturated heterocycles. The summed E-state index contributed by atoms with van der Waals surface area (Å²) >= 11 is 3.38. The van der Waals surface area contributed by atoms with Crippen LogP contribution in [0, 0.1) is 0 Å². The summed E-state index contributed by atoms with van der Waals surface area (Å²) in [6.45, 7) is 0.462.